The van der Waals surface area contributed by atoms with Gasteiger partial charge >= 0.3 is 0 Å². The Morgan fingerprint density at radius 1 is 0.759 bits per heavy atom. The van der Waals surface area contributed by atoms with Crippen LogP contribution in [0.15, 0.2) is 72.3 Å². The molecule has 0 saturated carbocycles. The van der Waals surface area contributed by atoms with Gasteiger partial charge in [-0.15, -0.1) is 0 Å². The molecule has 280 valence electrons. The third kappa shape index (κ3) is 8.07. The minimum atomic E-state index is -1.02. The molecule has 2 aromatic heterocycles. The molecule has 15 heteroatoms. The van der Waals surface area contributed by atoms with Crippen LogP contribution in [0.25, 0.3) is 22.4 Å². The summed E-state index contributed by atoms with van der Waals surface area (Å²) in [5.74, 6) is -1.83. The van der Waals surface area contributed by atoms with Crippen LogP contribution in [0.5, 0.6) is 5.75 Å². The molecule has 4 aromatic rings. The van der Waals surface area contributed by atoms with Crippen LogP contribution in [0, 0.1) is 0 Å². The van der Waals surface area contributed by atoms with Gasteiger partial charge in [0.2, 0.25) is 11.8 Å². The van der Waals surface area contributed by atoms with E-state index in [1.165, 1.54) is 17.7 Å². The summed E-state index contributed by atoms with van der Waals surface area (Å²) in [5, 5.41) is 19.9. The van der Waals surface area contributed by atoms with Crippen molar-refractivity contribution >= 4 is 29.3 Å². The van der Waals surface area contributed by atoms with Gasteiger partial charge < -0.3 is 24.2 Å². The zero-order chi connectivity index (χ0) is 37.4. The maximum Gasteiger partial charge on any atom is 0.262 e. The lowest BCUT2D eigenvalue weighted by Crippen LogP contribution is -2.54. The number of amides is 4. The van der Waals surface area contributed by atoms with Gasteiger partial charge in [0.1, 0.15) is 24.1 Å². The fraction of sp³-hybridized carbons (Fsp3) is 0.359. The second-order valence-corrected chi connectivity index (χ2v) is 13.0. The average molecular weight is 737 g/mol. The van der Waals surface area contributed by atoms with Crippen molar-refractivity contribution in [3.05, 3.63) is 89.4 Å². The first-order valence-corrected chi connectivity index (χ1v) is 18.0. The molecule has 54 heavy (non-hydrogen) atoms. The highest BCUT2D eigenvalue weighted by molar-refractivity contribution is 6.23. The molecule has 15 nitrogen and oxygen atoms in total. The lowest BCUT2D eigenvalue weighted by Gasteiger charge is -2.27. The van der Waals surface area contributed by atoms with Gasteiger partial charge in [-0.05, 0) is 67.1 Å². The van der Waals surface area contributed by atoms with Crippen molar-refractivity contribution in [2.75, 3.05) is 46.2 Å². The van der Waals surface area contributed by atoms with Crippen LogP contribution in [0.1, 0.15) is 57.5 Å². The molecule has 2 aromatic carbocycles. The quantitative estimate of drug-likeness (QED) is 0.0698. The predicted octanol–water partition coefficient (Wildman–Crippen LogP) is 3.66. The minimum Gasteiger partial charge on any atom is -0.491 e. The maximum absolute atomic E-state index is 13.0. The van der Waals surface area contributed by atoms with Crippen molar-refractivity contribution in [3.8, 4) is 28.1 Å². The molecule has 0 radical (unpaired) electrons. The Morgan fingerprint density at radius 2 is 1.48 bits per heavy atom. The number of ether oxygens (including phenoxy) is 4. The summed E-state index contributed by atoms with van der Waals surface area (Å²) in [5.41, 5.74) is 7.19. The Bertz CT molecular complexity index is 2060. The maximum atomic E-state index is 13.0. The molecule has 2 aliphatic heterocycles. The van der Waals surface area contributed by atoms with Crippen molar-refractivity contribution in [1.82, 2.24) is 25.0 Å². The number of aromatic nitrogens is 3. The van der Waals surface area contributed by atoms with Gasteiger partial charge in [0.05, 0.1) is 49.9 Å². The Hall–Kier alpha value is -5.77. The van der Waals surface area contributed by atoms with Gasteiger partial charge in [0, 0.05) is 54.9 Å². The van der Waals surface area contributed by atoms with E-state index < -0.39 is 29.7 Å². The minimum absolute atomic E-state index is 0.0605. The van der Waals surface area contributed by atoms with E-state index in [1.54, 1.807) is 18.5 Å². The molecule has 2 N–H and O–H groups in total. The number of nitrogens with zero attached hydrogens (tertiary/aromatic N) is 5. The number of hydrogen-bond donors (Lipinski definition) is 2. The highest BCUT2D eigenvalue weighted by atomic mass is 16.6. The zero-order valence-electron chi connectivity index (χ0n) is 29.6. The summed E-state index contributed by atoms with van der Waals surface area (Å²) in [6.45, 7) is 3.37. The first-order valence-electron chi connectivity index (χ1n) is 18.0. The molecule has 0 spiro atoms. The second-order valence-electron chi connectivity index (χ2n) is 13.0. The molecule has 0 bridgehead atoms. The molecule has 1 atom stereocenters. The number of fused-ring (bicyclic) bond motifs is 2. The monoisotopic (exact) mass is 736 g/mol. The Labute approximate surface area is 310 Å². The Kier molecular flexibility index (Phi) is 11.5. The van der Waals surface area contributed by atoms with Gasteiger partial charge in [0.15, 0.2) is 0 Å². The van der Waals surface area contributed by atoms with E-state index in [1.807, 2.05) is 22.9 Å². The largest absolute Gasteiger partial charge is 0.491 e. The predicted molar refractivity (Wildman–Crippen MR) is 193 cm³/mol. The average Bonchev–Trinajstić information content (AvgIpc) is 3.87. The van der Waals surface area contributed by atoms with Crippen LogP contribution in [-0.4, -0.2) is 107 Å². The van der Waals surface area contributed by atoms with Crippen LogP contribution < -0.4 is 10.1 Å². The van der Waals surface area contributed by atoms with Crippen LogP contribution in [0.3, 0.4) is 0 Å². The molecule has 1 unspecified atom stereocenters. The van der Waals surface area contributed by atoms with Crippen LogP contribution >= 0.6 is 0 Å². The highest BCUT2D eigenvalue weighted by Gasteiger charge is 2.44. The third-order valence-electron chi connectivity index (χ3n) is 9.52. The van der Waals surface area contributed by atoms with Crippen LogP contribution in [0.4, 0.5) is 0 Å². The number of rotatable bonds is 17. The fourth-order valence-electron chi connectivity index (χ4n) is 6.84. The Balaban J connectivity index is 0.777. The summed E-state index contributed by atoms with van der Waals surface area (Å²) in [4.78, 5) is 54.7. The molecule has 3 aliphatic rings. The van der Waals surface area contributed by atoms with Crippen molar-refractivity contribution < 1.29 is 43.3 Å². The summed E-state index contributed by atoms with van der Waals surface area (Å²) >= 11 is 0. The van der Waals surface area contributed by atoms with Gasteiger partial charge in [-0.1, -0.05) is 23.4 Å². The molecule has 4 heterocycles. The first kappa shape index (κ1) is 36.6. The number of nitrogens with one attached hydrogen (secondary N) is 1. The van der Waals surface area contributed by atoms with E-state index in [2.05, 4.69) is 33.8 Å². The first-order chi connectivity index (χ1) is 26.4. The normalized spacial score (nSPS) is 17.3. The standard InChI is InChI=1S/C39H40N6O9/c46-35-9-8-34(37(47)41-35)45-38(48)30-6-4-28(23-31(30)39(45)49)54-21-20-53-19-18-52-17-16-51-15-1-14-44-24-32(36(42-44)25-10-12-40-13-11-25)27-2-5-29-26(22-27)3-7-33(29)43-50/h2,4-6,10-13,22-24,34,50H,1,3,7-9,14-21H2,(H,41,46,47)/b43-33+. The van der Waals surface area contributed by atoms with Crippen molar-refractivity contribution in [2.24, 2.45) is 5.16 Å². The highest BCUT2D eigenvalue weighted by Crippen LogP contribution is 2.34. The number of benzene rings is 2. The van der Waals surface area contributed by atoms with Gasteiger partial charge in [-0.25, -0.2) is 0 Å². The molecule has 1 fully saturated rings. The third-order valence-corrected chi connectivity index (χ3v) is 9.52. The number of piperidine rings is 1. The Morgan fingerprint density at radius 3 is 2.24 bits per heavy atom. The number of imide groups is 2. The van der Waals surface area contributed by atoms with Gasteiger partial charge in [0.25, 0.3) is 11.8 Å². The van der Waals surface area contributed by atoms with Crippen molar-refractivity contribution in [3.63, 3.8) is 0 Å². The number of pyridine rings is 1. The smallest absolute Gasteiger partial charge is 0.262 e. The summed E-state index contributed by atoms with van der Waals surface area (Å²) < 4.78 is 24.6. The van der Waals surface area contributed by atoms with Gasteiger partial charge in [-0.3, -0.25) is 39.1 Å². The molecule has 1 aliphatic carbocycles. The topological polar surface area (TPSA) is 184 Å². The summed E-state index contributed by atoms with van der Waals surface area (Å²) in [6.07, 6.45) is 8.09. The molecular formula is C39H40N6O9. The van der Waals surface area contributed by atoms with Crippen LogP contribution in [0.2, 0.25) is 0 Å². The number of hydrogen-bond acceptors (Lipinski definition) is 12. The van der Waals surface area contributed by atoms with E-state index in [9.17, 15) is 24.4 Å². The number of aryl methyl sites for hydroxylation is 2. The molecule has 1 saturated heterocycles. The number of carbonyl (C=O) groups excluding carboxylic acids is 4. The van der Waals surface area contributed by atoms with Crippen molar-refractivity contribution in [1.29, 1.82) is 0 Å². The van der Waals surface area contributed by atoms with Crippen molar-refractivity contribution in [2.45, 2.75) is 44.7 Å². The fourth-order valence-corrected chi connectivity index (χ4v) is 6.84. The lowest BCUT2D eigenvalue weighted by molar-refractivity contribution is -0.136. The molecule has 4 amide bonds. The van der Waals surface area contributed by atoms with Gasteiger partial charge in [-0.2, -0.15) is 5.10 Å². The van der Waals surface area contributed by atoms with Crippen LogP contribution in [-0.2, 0) is 36.8 Å². The zero-order valence-corrected chi connectivity index (χ0v) is 29.6. The summed E-state index contributed by atoms with van der Waals surface area (Å²) in [6, 6.07) is 13.7. The lowest BCUT2D eigenvalue weighted by atomic mass is 9.98. The molecule has 7 rings (SSSR count). The SMILES string of the molecule is O=C1CCC(N2C(=O)c3ccc(OCCOCCOCCOCCCn4cc(-c5ccc6c(c5)CC/C6=N\O)c(-c5ccncc5)n4)cc3C2=O)C(=O)N1. The van der Waals surface area contributed by atoms with E-state index in [-0.39, 0.29) is 37.2 Å². The van der Waals surface area contributed by atoms with E-state index in [4.69, 9.17) is 24.0 Å². The number of oxime groups is 1. The number of carbonyl (C=O) groups is 4. The van der Waals surface area contributed by atoms with E-state index >= 15 is 0 Å². The molecular weight excluding hydrogens is 696 g/mol. The van der Waals surface area contributed by atoms with E-state index in [0.717, 1.165) is 57.8 Å². The summed E-state index contributed by atoms with van der Waals surface area (Å²) in [7, 11) is 0. The van der Waals surface area contributed by atoms with E-state index in [0.29, 0.717) is 45.3 Å². The second kappa shape index (κ2) is 16.9.